The van der Waals surface area contributed by atoms with E-state index in [0.29, 0.717) is 29.8 Å². The molecule has 30 heavy (non-hydrogen) atoms. The number of cyclic esters (lactones) is 1. The summed E-state index contributed by atoms with van der Waals surface area (Å²) in [6.07, 6.45) is 0.0991. The lowest BCUT2D eigenvalue weighted by atomic mass is 9.93. The number of esters is 1. The monoisotopic (exact) mass is 399 g/mol. The SMILES string of the molecule is CC1CN(C(=O)c2ccc3c(c2)CC(c2ccccc2)OC3=O)c2ccccc2O1. The van der Waals surface area contributed by atoms with Gasteiger partial charge in [-0.2, -0.15) is 0 Å². The van der Waals surface area contributed by atoms with Crippen molar-refractivity contribution in [3.05, 3.63) is 95.1 Å². The molecule has 1 amide bonds. The van der Waals surface area contributed by atoms with E-state index in [2.05, 4.69) is 0 Å². The van der Waals surface area contributed by atoms with Crippen LogP contribution >= 0.6 is 0 Å². The van der Waals surface area contributed by atoms with Gasteiger partial charge < -0.3 is 14.4 Å². The highest BCUT2D eigenvalue weighted by molar-refractivity contribution is 6.08. The Labute approximate surface area is 174 Å². The summed E-state index contributed by atoms with van der Waals surface area (Å²) in [5, 5.41) is 0. The van der Waals surface area contributed by atoms with Crippen molar-refractivity contribution < 1.29 is 19.1 Å². The standard InChI is InChI=1S/C25H21NO4/c1-16-15-26(21-9-5-6-10-22(21)29-16)24(27)18-11-12-20-19(13-18)14-23(30-25(20)28)17-7-3-2-4-8-17/h2-13,16,23H,14-15H2,1H3. The molecule has 5 nitrogen and oxygen atoms in total. The third kappa shape index (κ3) is 3.22. The predicted octanol–water partition coefficient (Wildman–Crippen LogP) is 4.57. The zero-order valence-electron chi connectivity index (χ0n) is 16.6. The van der Waals surface area contributed by atoms with Gasteiger partial charge in [0, 0.05) is 12.0 Å². The molecule has 2 aliphatic heterocycles. The van der Waals surface area contributed by atoms with Crippen LogP contribution in [0.5, 0.6) is 5.75 Å². The summed E-state index contributed by atoms with van der Waals surface area (Å²) in [6, 6.07) is 22.5. The number of ether oxygens (including phenoxy) is 2. The fraction of sp³-hybridized carbons (Fsp3) is 0.200. The van der Waals surface area contributed by atoms with Gasteiger partial charge in [0.15, 0.2) is 0 Å². The molecule has 5 heteroatoms. The molecule has 0 bridgehead atoms. The average molecular weight is 399 g/mol. The summed E-state index contributed by atoms with van der Waals surface area (Å²) in [6.45, 7) is 2.42. The van der Waals surface area contributed by atoms with Gasteiger partial charge in [-0.15, -0.1) is 0 Å². The van der Waals surface area contributed by atoms with Crippen LogP contribution in [0.1, 0.15) is 44.9 Å². The second-order valence-electron chi connectivity index (χ2n) is 7.69. The molecule has 2 atom stereocenters. The van der Waals surface area contributed by atoms with Crippen LogP contribution in [-0.4, -0.2) is 24.5 Å². The molecule has 2 unspecified atom stereocenters. The molecule has 0 spiro atoms. The maximum Gasteiger partial charge on any atom is 0.339 e. The summed E-state index contributed by atoms with van der Waals surface area (Å²) in [4.78, 5) is 27.7. The van der Waals surface area contributed by atoms with Gasteiger partial charge in [-0.3, -0.25) is 4.79 Å². The molecule has 0 saturated carbocycles. The maximum atomic E-state index is 13.4. The number of benzene rings is 3. The van der Waals surface area contributed by atoms with E-state index in [-0.39, 0.29) is 24.1 Å². The first kappa shape index (κ1) is 18.4. The minimum absolute atomic E-state index is 0.0982. The van der Waals surface area contributed by atoms with Gasteiger partial charge in [-0.25, -0.2) is 4.79 Å². The third-order valence-electron chi connectivity index (χ3n) is 5.57. The van der Waals surface area contributed by atoms with Crippen molar-refractivity contribution in [3.63, 3.8) is 0 Å². The van der Waals surface area contributed by atoms with Gasteiger partial charge >= 0.3 is 5.97 Å². The fourth-order valence-electron chi connectivity index (χ4n) is 4.12. The number of carbonyl (C=O) groups excluding carboxylic acids is 2. The van der Waals surface area contributed by atoms with Crippen molar-refractivity contribution in [1.29, 1.82) is 0 Å². The van der Waals surface area contributed by atoms with E-state index >= 15 is 0 Å². The molecule has 0 fully saturated rings. The normalized spacial score (nSPS) is 19.9. The van der Waals surface area contributed by atoms with Gasteiger partial charge in [-0.1, -0.05) is 42.5 Å². The van der Waals surface area contributed by atoms with E-state index < -0.39 is 0 Å². The second-order valence-corrected chi connectivity index (χ2v) is 7.69. The van der Waals surface area contributed by atoms with Crippen LogP contribution in [0.4, 0.5) is 5.69 Å². The molecule has 0 aliphatic carbocycles. The molecule has 150 valence electrons. The fourth-order valence-corrected chi connectivity index (χ4v) is 4.12. The lowest BCUT2D eigenvalue weighted by Gasteiger charge is -2.33. The molecule has 2 aliphatic rings. The Kier molecular flexibility index (Phi) is 4.51. The van der Waals surface area contributed by atoms with E-state index in [9.17, 15) is 9.59 Å². The lowest BCUT2D eigenvalue weighted by Crippen LogP contribution is -2.42. The number of hydrogen-bond donors (Lipinski definition) is 0. The number of carbonyl (C=O) groups is 2. The molecule has 3 aromatic rings. The Morgan fingerprint density at radius 1 is 0.967 bits per heavy atom. The first-order valence-corrected chi connectivity index (χ1v) is 10.1. The summed E-state index contributed by atoms with van der Waals surface area (Å²) < 4.78 is 11.5. The van der Waals surface area contributed by atoms with Crippen molar-refractivity contribution in [2.24, 2.45) is 0 Å². The van der Waals surface area contributed by atoms with Crippen LogP contribution in [0.3, 0.4) is 0 Å². The Bertz CT molecular complexity index is 1130. The van der Waals surface area contributed by atoms with Crippen LogP contribution in [0.2, 0.25) is 0 Å². The zero-order valence-corrected chi connectivity index (χ0v) is 16.6. The van der Waals surface area contributed by atoms with Crippen molar-refractivity contribution in [2.75, 3.05) is 11.4 Å². The van der Waals surface area contributed by atoms with Crippen molar-refractivity contribution >= 4 is 17.6 Å². The number of fused-ring (bicyclic) bond motifs is 2. The van der Waals surface area contributed by atoms with Crippen LogP contribution in [0, 0.1) is 0 Å². The number of anilines is 1. The minimum Gasteiger partial charge on any atom is -0.487 e. The Morgan fingerprint density at radius 3 is 2.57 bits per heavy atom. The second kappa shape index (κ2) is 7.34. The predicted molar refractivity (Wildman–Crippen MR) is 113 cm³/mol. The molecular weight excluding hydrogens is 378 g/mol. The molecule has 5 rings (SSSR count). The molecule has 0 N–H and O–H groups in total. The number of amides is 1. The Morgan fingerprint density at radius 2 is 1.73 bits per heavy atom. The highest BCUT2D eigenvalue weighted by Crippen LogP contribution is 2.35. The minimum atomic E-state index is -0.352. The number of rotatable bonds is 2. The van der Waals surface area contributed by atoms with Gasteiger partial charge in [-0.05, 0) is 48.4 Å². The largest absolute Gasteiger partial charge is 0.487 e. The first-order valence-electron chi connectivity index (χ1n) is 10.1. The number of nitrogens with zero attached hydrogens (tertiary/aromatic N) is 1. The topological polar surface area (TPSA) is 55.8 Å². The van der Waals surface area contributed by atoms with Crippen LogP contribution in [0.25, 0.3) is 0 Å². The summed E-state index contributed by atoms with van der Waals surface area (Å²) in [7, 11) is 0. The molecule has 0 saturated heterocycles. The summed E-state index contributed by atoms with van der Waals surface area (Å²) in [5.74, 6) is 0.250. The van der Waals surface area contributed by atoms with Crippen LogP contribution < -0.4 is 9.64 Å². The van der Waals surface area contributed by atoms with Crippen molar-refractivity contribution in [3.8, 4) is 5.75 Å². The van der Waals surface area contributed by atoms with Gasteiger partial charge in [0.05, 0.1) is 17.8 Å². The van der Waals surface area contributed by atoms with Gasteiger partial charge in [0.2, 0.25) is 0 Å². The number of hydrogen-bond acceptors (Lipinski definition) is 4. The molecule has 3 aromatic carbocycles. The maximum absolute atomic E-state index is 13.4. The first-order chi connectivity index (χ1) is 14.6. The molecule has 0 radical (unpaired) electrons. The van der Waals surface area contributed by atoms with Crippen LogP contribution in [0.15, 0.2) is 72.8 Å². The smallest absolute Gasteiger partial charge is 0.339 e. The molecule has 2 heterocycles. The van der Waals surface area contributed by atoms with Crippen molar-refractivity contribution in [1.82, 2.24) is 0 Å². The van der Waals surface area contributed by atoms with E-state index in [0.717, 1.165) is 16.8 Å². The third-order valence-corrected chi connectivity index (χ3v) is 5.57. The Balaban J connectivity index is 1.48. The summed E-state index contributed by atoms with van der Waals surface area (Å²) >= 11 is 0. The Hall–Kier alpha value is -3.60. The zero-order chi connectivity index (χ0) is 20.7. The molecular formula is C25H21NO4. The van der Waals surface area contributed by atoms with E-state index in [1.54, 1.807) is 17.0 Å². The van der Waals surface area contributed by atoms with E-state index in [1.165, 1.54) is 0 Å². The van der Waals surface area contributed by atoms with E-state index in [1.807, 2.05) is 67.6 Å². The molecule has 0 aromatic heterocycles. The summed E-state index contributed by atoms with van der Waals surface area (Å²) in [5.41, 5.74) is 3.62. The number of para-hydroxylation sites is 2. The quantitative estimate of drug-likeness (QED) is 0.593. The van der Waals surface area contributed by atoms with E-state index in [4.69, 9.17) is 9.47 Å². The highest BCUT2D eigenvalue weighted by Gasteiger charge is 2.31. The van der Waals surface area contributed by atoms with Gasteiger partial charge in [0.25, 0.3) is 5.91 Å². The van der Waals surface area contributed by atoms with Gasteiger partial charge in [0.1, 0.15) is 18.0 Å². The van der Waals surface area contributed by atoms with Crippen molar-refractivity contribution in [2.45, 2.75) is 25.6 Å². The highest BCUT2D eigenvalue weighted by atomic mass is 16.5. The lowest BCUT2D eigenvalue weighted by molar-refractivity contribution is 0.0252. The average Bonchev–Trinajstić information content (AvgIpc) is 2.78. The van der Waals surface area contributed by atoms with Crippen LogP contribution in [-0.2, 0) is 11.2 Å².